The van der Waals surface area contributed by atoms with Gasteiger partial charge in [0.25, 0.3) is 0 Å². The number of hydrogen-bond donors (Lipinski definition) is 2. The molecule has 3 aromatic rings. The summed E-state index contributed by atoms with van der Waals surface area (Å²) in [5.41, 5.74) is 2.97. The number of likely N-dealkylation sites (N-methyl/N-ethyl adjacent to an activating group) is 1. The monoisotopic (exact) mass is 494 g/mol. The molecule has 1 aliphatic rings. The number of aromatic amines is 1. The van der Waals surface area contributed by atoms with Gasteiger partial charge in [0, 0.05) is 56.9 Å². The number of amides is 1. The Bertz CT molecular complexity index is 1150. The number of carbonyl (C=O) groups excluding carboxylic acids is 1. The molecule has 0 saturated carbocycles. The van der Waals surface area contributed by atoms with Gasteiger partial charge >= 0.3 is 0 Å². The van der Waals surface area contributed by atoms with Crippen LogP contribution in [0.5, 0.6) is 5.75 Å². The number of anilines is 1. The van der Waals surface area contributed by atoms with Crippen LogP contribution in [0.1, 0.15) is 25.8 Å². The van der Waals surface area contributed by atoms with Crippen LogP contribution in [0, 0.1) is 4.77 Å². The van der Waals surface area contributed by atoms with Crippen molar-refractivity contribution < 1.29 is 9.53 Å². The Kier molecular flexibility index (Phi) is 8.68. The van der Waals surface area contributed by atoms with Crippen molar-refractivity contribution in [3.05, 3.63) is 58.9 Å². The maximum atomic E-state index is 12.6. The van der Waals surface area contributed by atoms with E-state index < -0.39 is 0 Å². The summed E-state index contributed by atoms with van der Waals surface area (Å²) in [6, 6.07) is 15.8. The number of carbonyl (C=O) groups is 1. The third-order valence-corrected chi connectivity index (χ3v) is 6.61. The highest BCUT2D eigenvalue weighted by molar-refractivity contribution is 7.71. The standard InChI is InChI=1S/C26H34N6O2S/c1-3-30-15-17-31(18-16-30)19-20-5-9-22(10-6-20)27-24(33)13-14-32-25(28-29-26(32)35)21-7-11-23(12-8-21)34-4-2/h5-12H,3-4,13-19H2,1-2H3,(H,27,33)(H,29,35). The van der Waals surface area contributed by atoms with Gasteiger partial charge in [-0.1, -0.05) is 19.1 Å². The van der Waals surface area contributed by atoms with Crippen LogP contribution < -0.4 is 10.1 Å². The Hall–Kier alpha value is -3.01. The topological polar surface area (TPSA) is 78.4 Å². The van der Waals surface area contributed by atoms with Crippen molar-refractivity contribution in [1.82, 2.24) is 24.6 Å². The van der Waals surface area contributed by atoms with Gasteiger partial charge in [-0.05, 0) is 67.6 Å². The van der Waals surface area contributed by atoms with Crippen molar-refractivity contribution in [2.24, 2.45) is 0 Å². The largest absolute Gasteiger partial charge is 0.494 e. The molecule has 0 spiro atoms. The van der Waals surface area contributed by atoms with Crippen LogP contribution >= 0.6 is 12.2 Å². The number of hydrogen-bond acceptors (Lipinski definition) is 6. The molecule has 1 aliphatic heterocycles. The maximum absolute atomic E-state index is 12.6. The van der Waals surface area contributed by atoms with E-state index >= 15 is 0 Å². The van der Waals surface area contributed by atoms with Crippen LogP contribution in [-0.4, -0.2) is 69.8 Å². The Morgan fingerprint density at radius 2 is 1.71 bits per heavy atom. The Morgan fingerprint density at radius 3 is 2.37 bits per heavy atom. The highest BCUT2D eigenvalue weighted by Gasteiger charge is 2.15. The summed E-state index contributed by atoms with van der Waals surface area (Å²) in [6.07, 6.45) is 0.293. The van der Waals surface area contributed by atoms with E-state index in [0.717, 1.165) is 56.3 Å². The molecule has 0 radical (unpaired) electrons. The minimum Gasteiger partial charge on any atom is -0.494 e. The summed E-state index contributed by atoms with van der Waals surface area (Å²) in [5, 5.41) is 10.2. The van der Waals surface area contributed by atoms with E-state index in [9.17, 15) is 4.79 Å². The minimum atomic E-state index is -0.0609. The smallest absolute Gasteiger partial charge is 0.226 e. The van der Waals surface area contributed by atoms with Crippen LogP contribution in [-0.2, 0) is 17.9 Å². The first kappa shape index (κ1) is 25.1. The molecule has 1 amide bonds. The molecular weight excluding hydrogens is 460 g/mol. The molecule has 0 unspecified atom stereocenters. The van der Waals surface area contributed by atoms with Crippen molar-refractivity contribution in [3.63, 3.8) is 0 Å². The number of H-pyrrole nitrogens is 1. The Balaban J connectivity index is 1.29. The lowest BCUT2D eigenvalue weighted by Crippen LogP contribution is -2.45. The molecular formula is C26H34N6O2S. The summed E-state index contributed by atoms with van der Waals surface area (Å²) in [5.74, 6) is 1.45. The van der Waals surface area contributed by atoms with Gasteiger partial charge in [0.05, 0.1) is 6.61 Å². The number of nitrogens with one attached hydrogen (secondary N) is 2. The van der Waals surface area contributed by atoms with Gasteiger partial charge in [-0.2, -0.15) is 5.10 Å². The first-order valence-corrected chi connectivity index (χ1v) is 12.7. The number of piperazine rings is 1. The molecule has 0 aliphatic carbocycles. The summed E-state index contributed by atoms with van der Waals surface area (Å²) >= 11 is 5.40. The van der Waals surface area contributed by atoms with Crippen LogP contribution in [0.25, 0.3) is 11.4 Å². The van der Waals surface area contributed by atoms with Gasteiger partial charge in [0.2, 0.25) is 5.91 Å². The van der Waals surface area contributed by atoms with E-state index in [1.807, 2.05) is 47.9 Å². The molecule has 0 bridgehead atoms. The summed E-state index contributed by atoms with van der Waals surface area (Å²) < 4.78 is 7.85. The minimum absolute atomic E-state index is 0.0609. The van der Waals surface area contributed by atoms with E-state index in [1.165, 1.54) is 5.56 Å². The first-order valence-electron chi connectivity index (χ1n) is 12.3. The fourth-order valence-corrected chi connectivity index (χ4v) is 4.49. The molecule has 2 aromatic carbocycles. The summed E-state index contributed by atoms with van der Waals surface area (Å²) in [7, 11) is 0. The van der Waals surface area contributed by atoms with Crippen molar-refractivity contribution in [2.45, 2.75) is 33.4 Å². The predicted octanol–water partition coefficient (Wildman–Crippen LogP) is 4.17. The quantitative estimate of drug-likeness (QED) is 0.412. The number of rotatable bonds is 10. The molecule has 9 heteroatoms. The lowest BCUT2D eigenvalue weighted by Gasteiger charge is -2.34. The number of nitrogens with zero attached hydrogens (tertiary/aromatic N) is 4. The molecule has 0 atom stereocenters. The lowest BCUT2D eigenvalue weighted by atomic mass is 10.1. The zero-order valence-corrected chi connectivity index (χ0v) is 21.3. The molecule has 2 heterocycles. The highest BCUT2D eigenvalue weighted by atomic mass is 32.1. The predicted molar refractivity (Wildman–Crippen MR) is 141 cm³/mol. The van der Waals surface area contributed by atoms with Gasteiger partial charge in [-0.3, -0.25) is 19.4 Å². The second kappa shape index (κ2) is 12.1. The lowest BCUT2D eigenvalue weighted by molar-refractivity contribution is -0.116. The summed E-state index contributed by atoms with van der Waals surface area (Å²) in [6.45, 7) is 11.7. The van der Waals surface area contributed by atoms with Crippen molar-refractivity contribution >= 4 is 23.8 Å². The van der Waals surface area contributed by atoms with Crippen molar-refractivity contribution in [3.8, 4) is 17.1 Å². The summed E-state index contributed by atoms with van der Waals surface area (Å²) in [4.78, 5) is 17.6. The van der Waals surface area contributed by atoms with Gasteiger partial charge in [-0.15, -0.1) is 0 Å². The molecule has 4 rings (SSSR count). The van der Waals surface area contributed by atoms with Crippen LogP contribution in [0.15, 0.2) is 48.5 Å². The van der Waals surface area contributed by atoms with Gasteiger partial charge < -0.3 is 15.0 Å². The zero-order chi connectivity index (χ0) is 24.6. The van der Waals surface area contributed by atoms with E-state index in [2.05, 4.69) is 44.4 Å². The van der Waals surface area contributed by atoms with Crippen molar-refractivity contribution in [2.75, 3.05) is 44.6 Å². The normalized spacial score (nSPS) is 14.7. The van der Waals surface area contributed by atoms with Crippen LogP contribution in [0.2, 0.25) is 0 Å². The average Bonchev–Trinajstić information content (AvgIpc) is 3.25. The van der Waals surface area contributed by atoms with Gasteiger partial charge in [0.15, 0.2) is 10.6 Å². The fraction of sp³-hybridized carbons (Fsp3) is 0.423. The van der Waals surface area contributed by atoms with E-state index in [-0.39, 0.29) is 5.91 Å². The molecule has 186 valence electrons. The Labute approximate surface area is 211 Å². The van der Waals surface area contributed by atoms with Gasteiger partial charge in [0.1, 0.15) is 5.75 Å². The zero-order valence-electron chi connectivity index (χ0n) is 20.5. The SMILES string of the molecule is CCOc1ccc(-c2n[nH]c(=S)n2CCC(=O)Nc2ccc(CN3CCN(CC)CC3)cc2)cc1. The fourth-order valence-electron chi connectivity index (χ4n) is 4.26. The molecule has 2 N–H and O–H groups in total. The number of ether oxygens (including phenoxy) is 1. The second-order valence-electron chi connectivity index (χ2n) is 8.67. The second-order valence-corrected chi connectivity index (χ2v) is 9.05. The van der Waals surface area contributed by atoms with E-state index in [0.29, 0.717) is 30.2 Å². The number of benzene rings is 2. The van der Waals surface area contributed by atoms with Crippen LogP contribution in [0.4, 0.5) is 5.69 Å². The van der Waals surface area contributed by atoms with Crippen molar-refractivity contribution in [1.29, 1.82) is 0 Å². The number of aromatic nitrogens is 3. The molecule has 35 heavy (non-hydrogen) atoms. The maximum Gasteiger partial charge on any atom is 0.226 e. The first-order chi connectivity index (χ1) is 17.1. The van der Waals surface area contributed by atoms with E-state index in [1.54, 1.807) is 0 Å². The van der Waals surface area contributed by atoms with E-state index in [4.69, 9.17) is 17.0 Å². The highest BCUT2D eigenvalue weighted by Crippen LogP contribution is 2.21. The third-order valence-electron chi connectivity index (χ3n) is 6.30. The third kappa shape index (κ3) is 6.78. The molecule has 1 fully saturated rings. The molecule has 1 saturated heterocycles. The molecule has 1 aromatic heterocycles. The van der Waals surface area contributed by atoms with Crippen LogP contribution in [0.3, 0.4) is 0 Å². The molecule has 8 nitrogen and oxygen atoms in total. The average molecular weight is 495 g/mol. The Morgan fingerprint density at radius 1 is 1.03 bits per heavy atom. The van der Waals surface area contributed by atoms with Gasteiger partial charge in [-0.25, -0.2) is 0 Å².